The molecule has 0 radical (unpaired) electrons. The molecule has 0 heterocycles. The molecule has 0 fully saturated rings. The van der Waals surface area contributed by atoms with Crippen LogP contribution >= 0.6 is 31.9 Å². The lowest BCUT2D eigenvalue weighted by molar-refractivity contribution is -0.165. The molecule has 0 aliphatic heterocycles. The van der Waals surface area contributed by atoms with E-state index in [0.717, 1.165) is 25.8 Å². The van der Waals surface area contributed by atoms with Crippen LogP contribution in [0.2, 0.25) is 0 Å². The molecule has 3 aromatic carbocycles. The first-order chi connectivity index (χ1) is 17.9. The van der Waals surface area contributed by atoms with Gasteiger partial charge < -0.3 is 24.3 Å². The van der Waals surface area contributed by atoms with Gasteiger partial charge in [-0.3, -0.25) is 4.79 Å². The maximum atomic E-state index is 13.2. The van der Waals surface area contributed by atoms with Gasteiger partial charge in [0.2, 0.25) is 0 Å². The molecule has 37 heavy (non-hydrogen) atoms. The Kier molecular flexibility index (Phi) is 11.0. The lowest BCUT2D eigenvalue weighted by Gasteiger charge is -2.21. The van der Waals surface area contributed by atoms with Crippen LogP contribution < -0.4 is 14.8 Å². The van der Waals surface area contributed by atoms with Crippen molar-refractivity contribution in [3.63, 3.8) is 0 Å². The van der Waals surface area contributed by atoms with Crippen molar-refractivity contribution in [2.24, 2.45) is 0 Å². The Morgan fingerprint density at radius 2 is 1.43 bits per heavy atom. The molecular weight excluding hydrogens is 606 g/mol. The predicted octanol–water partition coefficient (Wildman–Crippen LogP) is 5.43. The number of benzene rings is 3. The highest BCUT2D eigenvalue weighted by molar-refractivity contribution is 9.10. The summed E-state index contributed by atoms with van der Waals surface area (Å²) in [7, 11) is 4.61. The Labute approximate surface area is 233 Å². The molecule has 196 valence electrons. The van der Waals surface area contributed by atoms with Crippen LogP contribution in [0.4, 0.5) is 0 Å². The van der Waals surface area contributed by atoms with Crippen molar-refractivity contribution < 1.29 is 28.5 Å². The van der Waals surface area contributed by atoms with E-state index < -0.39 is 24.1 Å². The maximum absolute atomic E-state index is 13.2. The highest BCUT2D eigenvalue weighted by atomic mass is 79.9. The zero-order valence-corrected chi connectivity index (χ0v) is 24.0. The van der Waals surface area contributed by atoms with E-state index in [2.05, 4.69) is 37.2 Å². The zero-order chi connectivity index (χ0) is 26.8. The predicted molar refractivity (Wildman–Crippen MR) is 148 cm³/mol. The average molecular weight is 635 g/mol. The van der Waals surface area contributed by atoms with E-state index in [1.54, 1.807) is 32.4 Å². The fourth-order valence-electron chi connectivity index (χ4n) is 3.75. The minimum absolute atomic E-state index is 0.180. The van der Waals surface area contributed by atoms with Gasteiger partial charge in [0.15, 0.2) is 12.2 Å². The lowest BCUT2D eigenvalue weighted by Crippen LogP contribution is -2.41. The van der Waals surface area contributed by atoms with E-state index in [1.165, 1.54) is 7.11 Å². The molecule has 1 amide bonds. The number of ether oxygens (including phenoxy) is 4. The van der Waals surface area contributed by atoms with Crippen LogP contribution in [0.3, 0.4) is 0 Å². The van der Waals surface area contributed by atoms with Gasteiger partial charge >= 0.3 is 5.97 Å². The van der Waals surface area contributed by atoms with Crippen molar-refractivity contribution in [3.8, 4) is 11.5 Å². The minimum Gasteiger partial charge on any atom is -0.496 e. The number of rotatable bonds is 12. The highest BCUT2D eigenvalue weighted by Crippen LogP contribution is 2.27. The number of esters is 1. The van der Waals surface area contributed by atoms with Gasteiger partial charge in [-0.1, -0.05) is 42.5 Å². The SMILES string of the molecule is COc1ccc(CCNC(=O)[C@H](Cc2ccc(OC)c(Br)c2)OC(=O)[C@@H](OC)c2ccccc2)cc1Br. The van der Waals surface area contributed by atoms with E-state index in [0.29, 0.717) is 24.3 Å². The van der Waals surface area contributed by atoms with E-state index in [-0.39, 0.29) is 6.42 Å². The van der Waals surface area contributed by atoms with Crippen LogP contribution in [0.15, 0.2) is 75.7 Å². The Hall–Kier alpha value is -2.88. The fraction of sp³-hybridized carbons (Fsp3) is 0.286. The van der Waals surface area contributed by atoms with Crippen LogP contribution in [0.25, 0.3) is 0 Å². The van der Waals surface area contributed by atoms with Crippen LogP contribution in [-0.2, 0) is 31.9 Å². The Morgan fingerprint density at radius 3 is 2.00 bits per heavy atom. The molecule has 9 heteroatoms. The van der Waals surface area contributed by atoms with Gasteiger partial charge in [0.1, 0.15) is 11.5 Å². The van der Waals surface area contributed by atoms with Crippen molar-refractivity contribution >= 4 is 43.7 Å². The first kappa shape index (κ1) is 28.7. The number of halogens is 2. The van der Waals surface area contributed by atoms with Gasteiger partial charge in [-0.25, -0.2) is 4.79 Å². The van der Waals surface area contributed by atoms with Crippen LogP contribution in [0.1, 0.15) is 22.8 Å². The first-order valence-corrected chi connectivity index (χ1v) is 13.2. The summed E-state index contributed by atoms with van der Waals surface area (Å²) in [5.74, 6) is 0.365. The van der Waals surface area contributed by atoms with Crippen molar-refractivity contribution in [2.45, 2.75) is 25.0 Å². The molecule has 0 unspecified atom stereocenters. The third-order valence-corrected chi connectivity index (χ3v) is 6.91. The largest absolute Gasteiger partial charge is 0.496 e. The molecule has 0 bridgehead atoms. The molecule has 1 N–H and O–H groups in total. The molecule has 0 aliphatic rings. The molecule has 3 aromatic rings. The fourth-order valence-corrected chi connectivity index (χ4v) is 4.92. The third kappa shape index (κ3) is 8.05. The number of hydrogen-bond donors (Lipinski definition) is 1. The maximum Gasteiger partial charge on any atom is 0.340 e. The normalized spacial score (nSPS) is 12.4. The minimum atomic E-state index is -1.06. The van der Waals surface area contributed by atoms with Gasteiger partial charge in [0.25, 0.3) is 5.91 Å². The molecule has 2 atom stereocenters. The summed E-state index contributed by atoms with van der Waals surface area (Å²) in [6.07, 6.45) is -1.24. The second kappa shape index (κ2) is 14.2. The van der Waals surface area contributed by atoms with Gasteiger partial charge in [0.05, 0.1) is 23.2 Å². The molecule has 0 aromatic heterocycles. The third-order valence-electron chi connectivity index (χ3n) is 5.67. The summed E-state index contributed by atoms with van der Waals surface area (Å²) >= 11 is 6.94. The van der Waals surface area contributed by atoms with E-state index >= 15 is 0 Å². The van der Waals surface area contributed by atoms with Gasteiger partial charge in [-0.15, -0.1) is 0 Å². The number of amides is 1. The van der Waals surface area contributed by atoms with Crippen LogP contribution in [0, 0.1) is 0 Å². The Morgan fingerprint density at radius 1 is 0.838 bits per heavy atom. The molecular formula is C28H29Br2NO6. The molecule has 0 saturated carbocycles. The molecule has 0 saturated heterocycles. The van der Waals surface area contributed by atoms with Gasteiger partial charge in [0, 0.05) is 20.1 Å². The van der Waals surface area contributed by atoms with E-state index in [9.17, 15) is 9.59 Å². The molecule has 0 spiro atoms. The molecule has 3 rings (SSSR count). The summed E-state index contributed by atoms with van der Waals surface area (Å²) in [4.78, 5) is 26.3. The Balaban J connectivity index is 1.73. The van der Waals surface area contributed by atoms with Crippen LogP contribution in [-0.4, -0.2) is 45.9 Å². The number of nitrogens with one attached hydrogen (secondary N) is 1. The summed E-state index contributed by atoms with van der Waals surface area (Å²) < 4.78 is 23.3. The highest BCUT2D eigenvalue weighted by Gasteiger charge is 2.29. The summed E-state index contributed by atoms with van der Waals surface area (Å²) in [6.45, 7) is 0.365. The summed E-state index contributed by atoms with van der Waals surface area (Å²) in [5.41, 5.74) is 2.46. The summed E-state index contributed by atoms with van der Waals surface area (Å²) in [5, 5.41) is 2.90. The van der Waals surface area contributed by atoms with Gasteiger partial charge in [-0.05, 0) is 79.2 Å². The van der Waals surface area contributed by atoms with Gasteiger partial charge in [-0.2, -0.15) is 0 Å². The average Bonchev–Trinajstić information content (AvgIpc) is 2.89. The smallest absolute Gasteiger partial charge is 0.340 e. The van der Waals surface area contributed by atoms with Crippen molar-refractivity contribution in [1.82, 2.24) is 5.32 Å². The second-order valence-electron chi connectivity index (χ2n) is 8.13. The zero-order valence-electron chi connectivity index (χ0n) is 20.8. The molecule has 7 nitrogen and oxygen atoms in total. The number of carbonyl (C=O) groups excluding carboxylic acids is 2. The topological polar surface area (TPSA) is 83.1 Å². The quantitative estimate of drug-likeness (QED) is 0.268. The van der Waals surface area contributed by atoms with Crippen molar-refractivity contribution in [3.05, 3.63) is 92.4 Å². The monoisotopic (exact) mass is 633 g/mol. The van der Waals surface area contributed by atoms with E-state index in [1.807, 2.05) is 48.5 Å². The van der Waals surface area contributed by atoms with Crippen LogP contribution in [0.5, 0.6) is 11.5 Å². The standard InChI is InChI=1S/C28H29Br2NO6/c1-34-23-11-9-18(15-21(23)29)13-14-31-27(32)25(17-19-10-12-24(35-2)22(30)16-19)37-28(33)26(36-3)20-7-5-4-6-8-20/h4-12,15-16,25-26H,13-14,17H2,1-3H3,(H,31,32)/t25-,26-/m0/s1. The number of hydrogen-bond acceptors (Lipinski definition) is 6. The lowest BCUT2D eigenvalue weighted by atomic mass is 10.1. The van der Waals surface area contributed by atoms with Crippen molar-refractivity contribution in [1.29, 1.82) is 0 Å². The number of methoxy groups -OCH3 is 3. The molecule has 0 aliphatic carbocycles. The van der Waals surface area contributed by atoms with Crippen molar-refractivity contribution in [2.75, 3.05) is 27.9 Å². The number of carbonyl (C=O) groups is 2. The Bertz CT molecular complexity index is 1200. The second-order valence-corrected chi connectivity index (χ2v) is 9.84. The summed E-state index contributed by atoms with van der Waals surface area (Å²) in [6, 6.07) is 20.2. The first-order valence-electron chi connectivity index (χ1n) is 11.6. The van der Waals surface area contributed by atoms with E-state index in [4.69, 9.17) is 18.9 Å².